The minimum absolute atomic E-state index is 0.312. The number of nitrogens with one attached hydrogen (secondary N) is 1. The summed E-state index contributed by atoms with van der Waals surface area (Å²) in [6.45, 7) is 3.51. The van der Waals surface area contributed by atoms with E-state index in [0.29, 0.717) is 17.1 Å². The van der Waals surface area contributed by atoms with Gasteiger partial charge in [-0.15, -0.1) is 0 Å². The van der Waals surface area contributed by atoms with Crippen LogP contribution in [-0.4, -0.2) is 17.7 Å². The van der Waals surface area contributed by atoms with Gasteiger partial charge in [0.25, 0.3) is 5.91 Å². The van der Waals surface area contributed by atoms with Crippen LogP contribution < -0.4 is 15.9 Å². The highest BCUT2D eigenvalue weighted by Gasteiger charge is 2.14. The van der Waals surface area contributed by atoms with Gasteiger partial charge in [-0.05, 0) is 54.4 Å². The van der Waals surface area contributed by atoms with Gasteiger partial charge in [0, 0.05) is 5.69 Å². The van der Waals surface area contributed by atoms with Gasteiger partial charge >= 0.3 is 0 Å². The van der Waals surface area contributed by atoms with E-state index in [1.165, 1.54) is 0 Å². The normalized spacial score (nSPS) is 12.6. The van der Waals surface area contributed by atoms with Crippen LogP contribution in [-0.2, 0) is 4.79 Å². The Bertz CT molecular complexity index is 949. The molecule has 3 aromatic carbocycles. The molecule has 1 amide bonds. The molecule has 0 bridgehead atoms. The fourth-order valence-electron chi connectivity index (χ4n) is 2.52. The quantitative estimate of drug-likeness (QED) is 0.419. The zero-order valence-electron chi connectivity index (χ0n) is 14.8. The molecule has 0 spiro atoms. The number of fused-ring (bicyclic) bond motifs is 1. The molecule has 132 valence electrons. The van der Waals surface area contributed by atoms with Crippen molar-refractivity contribution < 1.29 is 9.53 Å². The monoisotopic (exact) mass is 347 g/mol. The molecular formula is C21H21N3O2. The minimum atomic E-state index is -0.667. The van der Waals surface area contributed by atoms with Gasteiger partial charge in [0.2, 0.25) is 0 Å². The smallest absolute Gasteiger partial charge is 0.280 e. The van der Waals surface area contributed by atoms with Crippen LogP contribution >= 0.6 is 0 Å². The van der Waals surface area contributed by atoms with Crippen LogP contribution in [0.1, 0.15) is 19.4 Å². The molecule has 3 N–H and O–H groups in total. The Balaban J connectivity index is 1.63. The van der Waals surface area contributed by atoms with Crippen LogP contribution in [0.3, 0.4) is 0 Å². The minimum Gasteiger partial charge on any atom is -0.481 e. The Kier molecular flexibility index (Phi) is 5.17. The molecule has 0 fully saturated rings. The second kappa shape index (κ2) is 7.70. The Morgan fingerprint density at radius 1 is 1.04 bits per heavy atom. The molecule has 0 aliphatic carbocycles. The number of carbonyl (C=O) groups is 1. The van der Waals surface area contributed by atoms with Crippen LogP contribution in [0.15, 0.2) is 71.8 Å². The first kappa shape index (κ1) is 17.5. The molecule has 1 atom stereocenters. The lowest BCUT2D eigenvalue weighted by molar-refractivity contribution is -0.127. The number of hydrogen-bond acceptors (Lipinski definition) is 4. The molecule has 5 nitrogen and oxygen atoms in total. The van der Waals surface area contributed by atoms with Crippen molar-refractivity contribution in [1.82, 2.24) is 5.43 Å². The highest BCUT2D eigenvalue weighted by Crippen LogP contribution is 2.21. The summed E-state index contributed by atoms with van der Waals surface area (Å²) < 4.78 is 5.74. The molecule has 0 saturated carbocycles. The Morgan fingerprint density at radius 3 is 2.46 bits per heavy atom. The molecule has 3 aromatic rings. The second-order valence-electron chi connectivity index (χ2n) is 6.06. The molecule has 0 heterocycles. The van der Waals surface area contributed by atoms with Gasteiger partial charge < -0.3 is 10.5 Å². The molecule has 5 heteroatoms. The zero-order valence-corrected chi connectivity index (χ0v) is 14.8. The van der Waals surface area contributed by atoms with E-state index in [1.807, 2.05) is 61.5 Å². The van der Waals surface area contributed by atoms with E-state index < -0.39 is 6.10 Å². The van der Waals surface area contributed by atoms with Gasteiger partial charge in [0.1, 0.15) is 5.75 Å². The molecule has 0 aliphatic rings. The highest BCUT2D eigenvalue weighted by molar-refractivity contribution is 5.99. The van der Waals surface area contributed by atoms with Gasteiger partial charge in [-0.25, -0.2) is 5.43 Å². The molecule has 0 radical (unpaired) electrons. The summed E-state index contributed by atoms with van der Waals surface area (Å²) in [7, 11) is 0. The van der Waals surface area contributed by atoms with Crippen molar-refractivity contribution in [2.45, 2.75) is 20.0 Å². The maximum absolute atomic E-state index is 12.2. The number of ether oxygens (including phenoxy) is 1. The standard InChI is InChI=1S/C21H21N3O2/c1-14(16-7-10-19(22)11-8-16)23-24-21(25)15(2)26-20-12-9-17-5-3-4-6-18(17)13-20/h3-13,15H,22H2,1-2H3,(H,24,25). The molecule has 3 rings (SSSR count). The van der Waals surface area contributed by atoms with Crippen molar-refractivity contribution in [2.75, 3.05) is 5.73 Å². The van der Waals surface area contributed by atoms with Gasteiger partial charge in [0.05, 0.1) is 5.71 Å². The average molecular weight is 347 g/mol. The van der Waals surface area contributed by atoms with Crippen molar-refractivity contribution in [1.29, 1.82) is 0 Å². The number of nitrogens with two attached hydrogens (primary N) is 1. The summed E-state index contributed by atoms with van der Waals surface area (Å²) in [6, 6.07) is 21.0. The first-order chi connectivity index (χ1) is 12.5. The largest absolute Gasteiger partial charge is 0.481 e. The number of hydrogen-bond donors (Lipinski definition) is 2. The number of hydrazone groups is 1. The van der Waals surface area contributed by atoms with Crippen LogP contribution in [0.5, 0.6) is 5.75 Å². The summed E-state index contributed by atoms with van der Waals surface area (Å²) in [4.78, 5) is 12.2. The van der Waals surface area contributed by atoms with E-state index >= 15 is 0 Å². The number of benzene rings is 3. The number of nitrogen functional groups attached to an aromatic ring is 1. The Labute approximate surface area is 152 Å². The molecule has 1 unspecified atom stereocenters. The topological polar surface area (TPSA) is 76.7 Å². The highest BCUT2D eigenvalue weighted by atomic mass is 16.5. The SMILES string of the molecule is CC(=NNC(=O)C(C)Oc1ccc2ccccc2c1)c1ccc(N)cc1. The molecular weight excluding hydrogens is 326 g/mol. The Hall–Kier alpha value is -3.34. The van der Waals surface area contributed by atoms with Gasteiger partial charge in [-0.2, -0.15) is 5.10 Å². The predicted octanol–water partition coefficient (Wildman–Crippen LogP) is 3.73. The maximum atomic E-state index is 12.2. The third-order valence-electron chi connectivity index (χ3n) is 4.07. The van der Waals surface area contributed by atoms with E-state index in [0.717, 1.165) is 16.3 Å². The molecule has 0 saturated heterocycles. The number of rotatable bonds is 5. The van der Waals surface area contributed by atoms with Crippen molar-refractivity contribution in [2.24, 2.45) is 5.10 Å². The van der Waals surface area contributed by atoms with E-state index in [-0.39, 0.29) is 5.91 Å². The summed E-state index contributed by atoms with van der Waals surface area (Å²) in [5, 5.41) is 6.32. The van der Waals surface area contributed by atoms with Gasteiger partial charge in [-0.3, -0.25) is 4.79 Å². The van der Waals surface area contributed by atoms with E-state index in [1.54, 1.807) is 19.1 Å². The van der Waals surface area contributed by atoms with E-state index in [2.05, 4.69) is 10.5 Å². The number of carbonyl (C=O) groups excluding carboxylic acids is 1. The fraction of sp³-hybridized carbons (Fsp3) is 0.143. The molecule has 0 aromatic heterocycles. The summed E-state index contributed by atoms with van der Waals surface area (Å²) in [6.07, 6.45) is -0.667. The van der Waals surface area contributed by atoms with Crippen LogP contribution in [0, 0.1) is 0 Å². The second-order valence-corrected chi connectivity index (χ2v) is 6.06. The summed E-state index contributed by atoms with van der Waals surface area (Å²) in [5.74, 6) is 0.332. The third-order valence-corrected chi connectivity index (χ3v) is 4.07. The van der Waals surface area contributed by atoms with Gasteiger partial charge in [-0.1, -0.05) is 42.5 Å². The van der Waals surface area contributed by atoms with E-state index in [4.69, 9.17) is 10.5 Å². The fourth-order valence-corrected chi connectivity index (χ4v) is 2.52. The molecule has 0 aliphatic heterocycles. The van der Waals surface area contributed by atoms with Crippen molar-refractivity contribution >= 4 is 28.1 Å². The maximum Gasteiger partial charge on any atom is 0.280 e. The lowest BCUT2D eigenvalue weighted by atomic mass is 10.1. The Morgan fingerprint density at radius 2 is 1.73 bits per heavy atom. The van der Waals surface area contributed by atoms with Gasteiger partial charge in [0.15, 0.2) is 6.10 Å². The lowest BCUT2D eigenvalue weighted by Gasteiger charge is -2.14. The zero-order chi connectivity index (χ0) is 18.5. The summed E-state index contributed by atoms with van der Waals surface area (Å²) >= 11 is 0. The predicted molar refractivity (Wildman–Crippen MR) is 105 cm³/mol. The van der Waals surface area contributed by atoms with Crippen molar-refractivity contribution in [3.63, 3.8) is 0 Å². The van der Waals surface area contributed by atoms with Crippen molar-refractivity contribution in [3.8, 4) is 5.75 Å². The summed E-state index contributed by atoms with van der Waals surface area (Å²) in [5.41, 5.74) is 10.5. The van der Waals surface area contributed by atoms with E-state index in [9.17, 15) is 4.79 Å². The number of nitrogens with zero attached hydrogens (tertiary/aromatic N) is 1. The van der Waals surface area contributed by atoms with Crippen molar-refractivity contribution in [3.05, 3.63) is 72.3 Å². The number of amides is 1. The first-order valence-electron chi connectivity index (χ1n) is 8.38. The van der Waals surface area contributed by atoms with Crippen LogP contribution in [0.2, 0.25) is 0 Å². The lowest BCUT2D eigenvalue weighted by Crippen LogP contribution is -2.33. The number of anilines is 1. The molecule has 26 heavy (non-hydrogen) atoms. The average Bonchev–Trinajstić information content (AvgIpc) is 2.66. The van der Waals surface area contributed by atoms with Crippen LogP contribution in [0.25, 0.3) is 10.8 Å². The third kappa shape index (κ3) is 4.19. The van der Waals surface area contributed by atoms with Crippen LogP contribution in [0.4, 0.5) is 5.69 Å². The first-order valence-corrected chi connectivity index (χ1v) is 8.38.